The second-order valence-electron chi connectivity index (χ2n) is 5.94. The van der Waals surface area contributed by atoms with Crippen molar-refractivity contribution in [2.24, 2.45) is 0 Å². The number of benzene rings is 2. The van der Waals surface area contributed by atoms with E-state index in [4.69, 9.17) is 0 Å². The number of rotatable bonds is 3. The number of para-hydroxylation sites is 1. The summed E-state index contributed by atoms with van der Waals surface area (Å²) in [5.74, 6) is 0.633. The molecule has 0 saturated heterocycles. The number of halogens is 1. The molecular formula is C19H15BrN2O. The van der Waals surface area contributed by atoms with Gasteiger partial charge in [-0.15, -0.1) is 0 Å². The normalized spacial score (nSPS) is 15.3. The molecule has 1 fully saturated rings. The summed E-state index contributed by atoms with van der Waals surface area (Å²) in [7, 11) is 0. The van der Waals surface area contributed by atoms with Crippen molar-refractivity contribution in [1.82, 2.24) is 4.98 Å². The van der Waals surface area contributed by atoms with Crippen LogP contribution in [0.3, 0.4) is 0 Å². The van der Waals surface area contributed by atoms with Crippen molar-refractivity contribution in [1.29, 1.82) is 0 Å². The summed E-state index contributed by atoms with van der Waals surface area (Å²) in [4.78, 5) is 17.3. The molecule has 4 heteroatoms. The molecule has 1 aromatic heterocycles. The topological polar surface area (TPSA) is 42.0 Å². The van der Waals surface area contributed by atoms with Crippen LogP contribution in [0.25, 0.3) is 10.9 Å². The van der Waals surface area contributed by atoms with E-state index in [-0.39, 0.29) is 5.91 Å². The minimum Gasteiger partial charge on any atom is -0.310 e. The molecule has 3 nitrogen and oxygen atoms in total. The number of carbonyl (C=O) groups excluding carboxylic acids is 1. The molecule has 114 valence electrons. The van der Waals surface area contributed by atoms with Gasteiger partial charge in [0.25, 0.3) is 0 Å². The number of amides is 1. The number of nitrogens with zero attached hydrogens (tertiary/aromatic N) is 1. The van der Waals surface area contributed by atoms with Crippen molar-refractivity contribution in [3.8, 4) is 0 Å². The van der Waals surface area contributed by atoms with Crippen LogP contribution in [-0.2, 0) is 10.2 Å². The van der Waals surface area contributed by atoms with E-state index in [1.54, 1.807) is 0 Å². The average molecular weight is 367 g/mol. The summed E-state index contributed by atoms with van der Waals surface area (Å²) < 4.78 is 0.998. The Hall–Kier alpha value is -2.20. The second-order valence-corrected chi connectivity index (χ2v) is 6.85. The Bertz CT molecular complexity index is 903. The number of aromatic nitrogens is 1. The quantitative estimate of drug-likeness (QED) is 0.731. The number of nitrogens with one attached hydrogen (secondary N) is 1. The van der Waals surface area contributed by atoms with E-state index < -0.39 is 5.41 Å². The maximum Gasteiger partial charge on any atom is 0.236 e. The average Bonchev–Trinajstić information content (AvgIpc) is 3.37. The van der Waals surface area contributed by atoms with Gasteiger partial charge in [0.15, 0.2) is 0 Å². The van der Waals surface area contributed by atoms with E-state index in [0.29, 0.717) is 5.82 Å². The molecule has 0 unspecified atom stereocenters. The first-order valence-corrected chi connectivity index (χ1v) is 8.40. The van der Waals surface area contributed by atoms with E-state index in [9.17, 15) is 4.79 Å². The first kappa shape index (κ1) is 14.4. The molecule has 3 aromatic rings. The molecule has 23 heavy (non-hydrogen) atoms. The SMILES string of the molecule is O=C(Nc1ccc2ccccc2n1)C1(c2cccc(Br)c2)CC1. The number of carbonyl (C=O) groups is 1. The third kappa shape index (κ3) is 2.63. The largest absolute Gasteiger partial charge is 0.310 e. The molecule has 1 aliphatic rings. The third-order valence-corrected chi connectivity index (χ3v) is 4.90. The molecule has 0 aliphatic heterocycles. The van der Waals surface area contributed by atoms with Crippen LogP contribution in [0.1, 0.15) is 18.4 Å². The zero-order valence-corrected chi connectivity index (χ0v) is 14.0. The Kier molecular flexibility index (Phi) is 3.42. The highest BCUT2D eigenvalue weighted by Crippen LogP contribution is 2.49. The summed E-state index contributed by atoms with van der Waals surface area (Å²) in [6.45, 7) is 0. The van der Waals surface area contributed by atoms with Crippen molar-refractivity contribution in [3.05, 3.63) is 70.7 Å². The van der Waals surface area contributed by atoms with Gasteiger partial charge in [-0.3, -0.25) is 4.79 Å². The number of hydrogen-bond donors (Lipinski definition) is 1. The summed E-state index contributed by atoms with van der Waals surface area (Å²) in [5, 5.41) is 4.06. The molecule has 1 amide bonds. The Morgan fingerprint density at radius 3 is 2.65 bits per heavy atom. The molecule has 0 bridgehead atoms. The summed E-state index contributed by atoms with van der Waals surface area (Å²) in [5.41, 5.74) is 1.54. The summed E-state index contributed by atoms with van der Waals surface area (Å²) in [6, 6.07) is 19.7. The molecule has 4 rings (SSSR count). The Balaban J connectivity index is 1.61. The van der Waals surface area contributed by atoms with Crippen molar-refractivity contribution in [2.75, 3.05) is 5.32 Å². The number of hydrogen-bond acceptors (Lipinski definition) is 2. The third-order valence-electron chi connectivity index (χ3n) is 4.40. The van der Waals surface area contributed by atoms with Crippen molar-refractivity contribution in [2.45, 2.75) is 18.3 Å². The monoisotopic (exact) mass is 366 g/mol. The number of pyridine rings is 1. The molecule has 1 N–H and O–H groups in total. The fourth-order valence-corrected chi connectivity index (χ4v) is 3.33. The first-order valence-electron chi connectivity index (χ1n) is 7.61. The Morgan fingerprint density at radius 1 is 1.04 bits per heavy atom. The molecule has 1 aliphatic carbocycles. The van der Waals surface area contributed by atoms with Gasteiger partial charge in [0.2, 0.25) is 5.91 Å². The van der Waals surface area contributed by atoms with Gasteiger partial charge in [-0.1, -0.05) is 46.3 Å². The minimum absolute atomic E-state index is 0.0263. The van der Waals surface area contributed by atoms with Gasteiger partial charge in [0.1, 0.15) is 5.82 Å². The number of anilines is 1. The Labute approximate surface area is 142 Å². The van der Waals surface area contributed by atoms with Crippen LogP contribution in [0.2, 0.25) is 0 Å². The van der Waals surface area contributed by atoms with Crippen LogP contribution < -0.4 is 5.32 Å². The van der Waals surface area contributed by atoms with E-state index >= 15 is 0 Å². The molecule has 2 aromatic carbocycles. The smallest absolute Gasteiger partial charge is 0.236 e. The fourth-order valence-electron chi connectivity index (χ4n) is 2.93. The van der Waals surface area contributed by atoms with Crippen LogP contribution >= 0.6 is 15.9 Å². The highest BCUT2D eigenvalue weighted by molar-refractivity contribution is 9.10. The maximum atomic E-state index is 12.8. The van der Waals surface area contributed by atoms with Gasteiger partial charge in [-0.2, -0.15) is 0 Å². The van der Waals surface area contributed by atoms with Crippen molar-refractivity contribution >= 4 is 38.6 Å². The van der Waals surface area contributed by atoms with Crippen LogP contribution in [-0.4, -0.2) is 10.9 Å². The van der Waals surface area contributed by atoms with Gasteiger partial charge in [-0.25, -0.2) is 4.98 Å². The standard InChI is InChI=1S/C19H15BrN2O/c20-15-6-3-5-14(12-15)19(10-11-19)18(23)22-17-9-8-13-4-1-2-7-16(13)21-17/h1-9,12H,10-11H2,(H,21,22,23). The van der Waals surface area contributed by atoms with Crippen molar-refractivity contribution in [3.63, 3.8) is 0 Å². The van der Waals surface area contributed by atoms with Gasteiger partial charge >= 0.3 is 0 Å². The van der Waals surface area contributed by atoms with Gasteiger partial charge in [-0.05, 0) is 48.7 Å². The van der Waals surface area contributed by atoms with E-state index in [1.807, 2.05) is 60.7 Å². The molecular weight excluding hydrogens is 352 g/mol. The van der Waals surface area contributed by atoms with Crippen LogP contribution in [0.5, 0.6) is 0 Å². The van der Waals surface area contributed by atoms with Crippen molar-refractivity contribution < 1.29 is 4.79 Å². The molecule has 0 spiro atoms. The highest BCUT2D eigenvalue weighted by atomic mass is 79.9. The van der Waals surface area contributed by atoms with Gasteiger partial charge < -0.3 is 5.32 Å². The minimum atomic E-state index is -0.406. The zero-order valence-electron chi connectivity index (χ0n) is 12.4. The fraction of sp³-hybridized carbons (Fsp3) is 0.158. The first-order chi connectivity index (χ1) is 11.2. The lowest BCUT2D eigenvalue weighted by atomic mass is 9.95. The highest BCUT2D eigenvalue weighted by Gasteiger charge is 2.51. The molecule has 1 heterocycles. The summed E-state index contributed by atoms with van der Waals surface area (Å²) >= 11 is 3.48. The predicted octanol–water partition coefficient (Wildman–Crippen LogP) is 4.67. The van der Waals surface area contributed by atoms with Gasteiger partial charge in [0, 0.05) is 9.86 Å². The number of fused-ring (bicyclic) bond motifs is 1. The lowest BCUT2D eigenvalue weighted by molar-refractivity contribution is -0.118. The molecule has 0 radical (unpaired) electrons. The lowest BCUT2D eigenvalue weighted by Crippen LogP contribution is -2.28. The maximum absolute atomic E-state index is 12.8. The van der Waals surface area contributed by atoms with Gasteiger partial charge in [0.05, 0.1) is 10.9 Å². The predicted molar refractivity (Wildman–Crippen MR) is 95.4 cm³/mol. The Morgan fingerprint density at radius 2 is 1.87 bits per heavy atom. The lowest BCUT2D eigenvalue weighted by Gasteiger charge is -2.16. The van der Waals surface area contributed by atoms with E-state index in [0.717, 1.165) is 33.8 Å². The molecule has 1 saturated carbocycles. The second kappa shape index (κ2) is 5.46. The van der Waals surface area contributed by atoms with E-state index in [1.165, 1.54) is 0 Å². The zero-order chi connectivity index (χ0) is 15.9. The molecule has 0 atom stereocenters. The van der Waals surface area contributed by atoms with Crippen LogP contribution in [0.4, 0.5) is 5.82 Å². The van der Waals surface area contributed by atoms with E-state index in [2.05, 4.69) is 26.2 Å². The summed E-state index contributed by atoms with van der Waals surface area (Å²) in [6.07, 6.45) is 1.76. The van der Waals surface area contributed by atoms with Crippen LogP contribution in [0.15, 0.2) is 65.1 Å². The van der Waals surface area contributed by atoms with Crippen LogP contribution in [0, 0.1) is 0 Å².